The molecule has 2 atom stereocenters. The highest BCUT2D eigenvalue weighted by molar-refractivity contribution is 7.89. The van der Waals surface area contributed by atoms with Gasteiger partial charge in [0.2, 0.25) is 10.0 Å². The molecule has 3 aromatic rings. The molecule has 1 aliphatic heterocycles. The van der Waals surface area contributed by atoms with Gasteiger partial charge in [-0.1, -0.05) is 30.9 Å². The van der Waals surface area contributed by atoms with E-state index in [0.29, 0.717) is 33.3 Å². The Morgan fingerprint density at radius 1 is 1.14 bits per heavy atom. The van der Waals surface area contributed by atoms with Crippen LogP contribution in [-0.2, 0) is 37.0 Å². The van der Waals surface area contributed by atoms with Crippen LogP contribution in [0.2, 0.25) is 0 Å². The van der Waals surface area contributed by atoms with Gasteiger partial charge in [-0.25, -0.2) is 17.8 Å². The van der Waals surface area contributed by atoms with Gasteiger partial charge < -0.3 is 14.2 Å². The molecule has 44 heavy (non-hydrogen) atoms. The molecule has 1 saturated heterocycles. The van der Waals surface area contributed by atoms with Gasteiger partial charge >= 0.3 is 17.8 Å². The van der Waals surface area contributed by atoms with Gasteiger partial charge in [-0.15, -0.1) is 0 Å². The van der Waals surface area contributed by atoms with E-state index in [1.807, 2.05) is 0 Å². The highest BCUT2D eigenvalue weighted by Gasteiger charge is 2.38. The lowest BCUT2D eigenvalue weighted by atomic mass is 10.2. The zero-order valence-corrected chi connectivity index (χ0v) is 24.4. The van der Waals surface area contributed by atoms with E-state index < -0.39 is 64.2 Å². The molecule has 1 fully saturated rings. The second kappa shape index (κ2) is 13.6. The molecule has 11 nitrogen and oxygen atoms in total. The summed E-state index contributed by atoms with van der Waals surface area (Å²) in [6.45, 7) is 2.78. The van der Waals surface area contributed by atoms with E-state index in [4.69, 9.17) is 14.2 Å². The molecule has 0 saturated carbocycles. The molecule has 0 aliphatic carbocycles. The number of carbonyl (C=O) groups excluding carboxylic acids is 1. The average Bonchev–Trinajstić information content (AvgIpc) is 3.51. The van der Waals surface area contributed by atoms with Crippen LogP contribution >= 0.6 is 0 Å². The zero-order chi connectivity index (χ0) is 32.1. The van der Waals surface area contributed by atoms with Crippen molar-refractivity contribution < 1.29 is 40.6 Å². The molecule has 2 unspecified atom stereocenters. The van der Waals surface area contributed by atoms with Gasteiger partial charge in [0, 0.05) is 26.4 Å². The van der Waals surface area contributed by atoms with E-state index in [0.717, 1.165) is 11.4 Å². The molecular formula is C29H30F3N3O8S. The minimum atomic E-state index is -5.09. The fraction of sp³-hybridized carbons (Fsp3) is 0.345. The van der Waals surface area contributed by atoms with Gasteiger partial charge in [0.25, 0.3) is 5.56 Å². The number of sulfonamides is 1. The minimum Gasteiger partial charge on any atom is -0.460 e. The van der Waals surface area contributed by atoms with E-state index in [2.05, 4.69) is 6.58 Å². The fourth-order valence-electron chi connectivity index (χ4n) is 4.58. The number of likely N-dealkylation sites (N-methyl/N-ethyl adjacent to an activating group) is 1. The van der Waals surface area contributed by atoms with E-state index in [1.54, 1.807) is 30.3 Å². The third kappa shape index (κ3) is 7.29. The number of rotatable bonds is 12. The number of nitrogens with zero attached hydrogens (tertiary/aromatic N) is 3. The van der Waals surface area contributed by atoms with Crippen molar-refractivity contribution in [3.05, 3.63) is 99.9 Å². The number of hydrogen-bond acceptors (Lipinski definition) is 8. The first kappa shape index (κ1) is 32.7. The number of hydrogen-bond donors (Lipinski definition) is 0. The number of ether oxygens (including phenoxy) is 3. The predicted molar refractivity (Wildman–Crippen MR) is 152 cm³/mol. The van der Waals surface area contributed by atoms with Crippen LogP contribution in [0.4, 0.5) is 13.2 Å². The lowest BCUT2D eigenvalue weighted by Gasteiger charge is -2.26. The lowest BCUT2D eigenvalue weighted by Crippen LogP contribution is -2.47. The van der Waals surface area contributed by atoms with Crippen molar-refractivity contribution in [1.29, 1.82) is 0 Å². The van der Waals surface area contributed by atoms with Crippen molar-refractivity contribution in [1.82, 2.24) is 13.4 Å². The summed E-state index contributed by atoms with van der Waals surface area (Å²) in [4.78, 5) is 38.6. The number of para-hydroxylation sites is 1. The Balaban J connectivity index is 1.63. The summed E-state index contributed by atoms with van der Waals surface area (Å²) in [5.74, 6) is -0.141. The molecule has 1 aliphatic rings. The first-order valence-corrected chi connectivity index (χ1v) is 14.9. The van der Waals surface area contributed by atoms with Crippen LogP contribution in [-0.4, -0.2) is 54.1 Å². The number of aryl methyl sites for hydroxylation is 1. The summed E-state index contributed by atoms with van der Waals surface area (Å²) >= 11 is 0. The number of benzene rings is 2. The number of alkyl halides is 3. The van der Waals surface area contributed by atoms with E-state index in [-0.39, 0.29) is 24.5 Å². The average molecular weight is 638 g/mol. The van der Waals surface area contributed by atoms with Gasteiger partial charge in [0.15, 0.2) is 0 Å². The van der Waals surface area contributed by atoms with Gasteiger partial charge in [-0.05, 0) is 55.7 Å². The van der Waals surface area contributed by atoms with E-state index in [9.17, 15) is 36.0 Å². The van der Waals surface area contributed by atoms with Crippen molar-refractivity contribution in [2.75, 3.05) is 20.3 Å². The first-order chi connectivity index (χ1) is 20.8. The van der Waals surface area contributed by atoms with Crippen molar-refractivity contribution in [2.24, 2.45) is 0 Å². The van der Waals surface area contributed by atoms with E-state index in [1.165, 1.54) is 30.3 Å². The highest BCUT2D eigenvalue weighted by atomic mass is 32.2. The molecule has 0 amide bonds. The zero-order valence-electron chi connectivity index (χ0n) is 23.6. The van der Waals surface area contributed by atoms with Crippen LogP contribution in [0.5, 0.6) is 11.5 Å². The van der Waals surface area contributed by atoms with Crippen LogP contribution in [0.25, 0.3) is 0 Å². The van der Waals surface area contributed by atoms with Gasteiger partial charge in [0.1, 0.15) is 35.9 Å². The molecule has 2 aromatic carbocycles. The van der Waals surface area contributed by atoms with E-state index >= 15 is 0 Å². The monoisotopic (exact) mass is 637 g/mol. The summed E-state index contributed by atoms with van der Waals surface area (Å²) in [5, 5.41) is 0. The van der Waals surface area contributed by atoms with Crippen LogP contribution in [0.15, 0.2) is 87.9 Å². The Morgan fingerprint density at radius 3 is 2.39 bits per heavy atom. The van der Waals surface area contributed by atoms with Crippen LogP contribution < -0.4 is 16.0 Å². The van der Waals surface area contributed by atoms with Crippen LogP contribution in [0.3, 0.4) is 0 Å². The Bertz CT molecular complexity index is 1700. The number of carbonyl (C=O) groups is 1. The summed E-state index contributed by atoms with van der Waals surface area (Å²) < 4.78 is 86.2. The van der Waals surface area contributed by atoms with Crippen molar-refractivity contribution in [3.63, 3.8) is 0 Å². The Kier molecular flexibility index (Phi) is 10.1. The maximum absolute atomic E-state index is 13.8. The topological polar surface area (TPSA) is 126 Å². The predicted octanol–water partition coefficient (Wildman–Crippen LogP) is 3.94. The second-order valence-corrected chi connectivity index (χ2v) is 11.8. The fourth-order valence-corrected chi connectivity index (χ4v) is 5.92. The van der Waals surface area contributed by atoms with Crippen molar-refractivity contribution in [2.45, 2.75) is 49.1 Å². The Labute approximate surface area is 250 Å². The SMILES string of the molecule is C=CCOC(=O)C(CCn1cc(C(F)(F)F)c(=O)n(C2CCCO2)c1=O)N(C)S(=O)(=O)c1ccc(Oc2ccccc2)cc1. The third-order valence-corrected chi connectivity index (χ3v) is 8.74. The molecule has 4 rings (SSSR count). The molecule has 0 radical (unpaired) electrons. The summed E-state index contributed by atoms with van der Waals surface area (Å²) in [6, 6.07) is 12.6. The molecule has 0 spiro atoms. The number of esters is 1. The summed E-state index contributed by atoms with van der Waals surface area (Å²) in [5.41, 5.74) is -4.24. The van der Waals surface area contributed by atoms with Gasteiger partial charge in [-0.3, -0.25) is 14.2 Å². The number of aromatic nitrogens is 2. The maximum Gasteiger partial charge on any atom is 0.423 e. The Morgan fingerprint density at radius 2 is 1.80 bits per heavy atom. The highest BCUT2D eigenvalue weighted by Crippen LogP contribution is 2.28. The van der Waals surface area contributed by atoms with Gasteiger partial charge in [-0.2, -0.15) is 17.5 Å². The van der Waals surface area contributed by atoms with Crippen molar-refractivity contribution in [3.8, 4) is 11.5 Å². The molecule has 1 aromatic heterocycles. The smallest absolute Gasteiger partial charge is 0.423 e. The quantitative estimate of drug-likeness (QED) is 0.216. The molecule has 0 bridgehead atoms. The lowest BCUT2D eigenvalue weighted by molar-refractivity contribution is -0.147. The molecule has 2 heterocycles. The minimum absolute atomic E-state index is 0.156. The standard InChI is InChI=1S/C29H30F3N3O8S/c1-3-17-42-27(37)24(33(2)44(39,40)22-13-11-21(12-14-22)43-20-8-5-4-6-9-20)15-16-34-19-23(29(30,31)32)26(36)35(28(34)38)25-10-7-18-41-25/h3-6,8-9,11-14,19,24-25H,1,7,10,15-18H2,2H3. The van der Waals surface area contributed by atoms with Crippen LogP contribution in [0.1, 0.15) is 31.1 Å². The van der Waals surface area contributed by atoms with Gasteiger partial charge in [0.05, 0.1) is 4.90 Å². The molecule has 236 valence electrons. The molecule has 0 N–H and O–H groups in total. The first-order valence-electron chi connectivity index (χ1n) is 13.5. The Hall–Kier alpha value is -4.21. The second-order valence-electron chi connectivity index (χ2n) is 9.79. The van der Waals surface area contributed by atoms with Crippen LogP contribution in [0, 0.1) is 0 Å². The summed E-state index contributed by atoms with van der Waals surface area (Å²) in [7, 11) is -3.25. The normalized spacial score (nSPS) is 16.1. The molecular weight excluding hydrogens is 607 g/mol. The largest absolute Gasteiger partial charge is 0.460 e. The number of halogens is 3. The molecule has 15 heteroatoms. The maximum atomic E-state index is 13.8. The third-order valence-electron chi connectivity index (χ3n) is 6.86. The summed E-state index contributed by atoms with van der Waals surface area (Å²) in [6.07, 6.45) is -4.54. The van der Waals surface area contributed by atoms with Crippen molar-refractivity contribution >= 4 is 16.0 Å².